The topological polar surface area (TPSA) is 40.7 Å². The van der Waals surface area contributed by atoms with E-state index in [4.69, 9.17) is 0 Å². The molecule has 0 aliphatic heterocycles. The van der Waals surface area contributed by atoms with Gasteiger partial charge in [-0.25, -0.2) is 4.98 Å². The lowest BCUT2D eigenvalue weighted by Crippen LogP contribution is -2.31. The van der Waals surface area contributed by atoms with Gasteiger partial charge in [0.05, 0.1) is 0 Å². The molecule has 110 valence electrons. The van der Waals surface area contributed by atoms with Gasteiger partial charge in [-0.1, -0.05) is 58.8 Å². The molecule has 1 aromatic rings. The van der Waals surface area contributed by atoms with Crippen molar-refractivity contribution in [3.8, 4) is 0 Å². The zero-order chi connectivity index (χ0) is 13.8. The van der Waals surface area contributed by atoms with Crippen molar-refractivity contribution in [3.05, 3.63) is 18.2 Å². The Morgan fingerprint density at radius 2 is 1.84 bits per heavy atom. The fraction of sp³-hybridized carbons (Fsp3) is 0.812. The van der Waals surface area contributed by atoms with Crippen molar-refractivity contribution in [1.82, 2.24) is 15.3 Å². The highest BCUT2D eigenvalue weighted by atomic mass is 14.9. The smallest absolute Gasteiger partial charge is 0.107 e. The molecule has 1 heterocycles. The van der Waals surface area contributed by atoms with Gasteiger partial charge in [0.15, 0.2) is 0 Å². The van der Waals surface area contributed by atoms with Crippen molar-refractivity contribution in [2.24, 2.45) is 0 Å². The molecule has 0 bridgehead atoms. The second-order valence-electron chi connectivity index (χ2n) is 5.40. The van der Waals surface area contributed by atoms with Gasteiger partial charge in [0, 0.05) is 24.9 Å². The molecule has 0 aliphatic rings. The first-order valence-electron chi connectivity index (χ1n) is 8.08. The maximum Gasteiger partial charge on any atom is 0.107 e. The number of aromatic nitrogens is 2. The van der Waals surface area contributed by atoms with Crippen molar-refractivity contribution >= 4 is 0 Å². The SMILES string of the molecule is CCCCCCCCCC(Cc1ncc[nH]1)NCC. The molecule has 2 N–H and O–H groups in total. The number of aromatic amines is 1. The Morgan fingerprint density at radius 1 is 1.11 bits per heavy atom. The van der Waals surface area contributed by atoms with Crippen molar-refractivity contribution in [2.45, 2.75) is 77.7 Å². The van der Waals surface area contributed by atoms with E-state index in [-0.39, 0.29) is 0 Å². The number of hydrogen-bond acceptors (Lipinski definition) is 2. The third kappa shape index (κ3) is 8.04. The monoisotopic (exact) mass is 265 g/mol. The summed E-state index contributed by atoms with van der Waals surface area (Å²) in [5.74, 6) is 1.11. The molecule has 0 saturated carbocycles. The van der Waals surface area contributed by atoms with Crippen LogP contribution in [0.25, 0.3) is 0 Å². The van der Waals surface area contributed by atoms with E-state index in [1.807, 2.05) is 12.4 Å². The quantitative estimate of drug-likeness (QED) is 0.559. The van der Waals surface area contributed by atoms with Gasteiger partial charge in [0.25, 0.3) is 0 Å². The highest BCUT2D eigenvalue weighted by molar-refractivity contribution is 4.91. The minimum Gasteiger partial charge on any atom is -0.349 e. The van der Waals surface area contributed by atoms with E-state index in [9.17, 15) is 0 Å². The summed E-state index contributed by atoms with van der Waals surface area (Å²) in [4.78, 5) is 7.52. The highest BCUT2D eigenvalue weighted by Crippen LogP contribution is 2.11. The van der Waals surface area contributed by atoms with E-state index in [0.717, 1.165) is 18.8 Å². The largest absolute Gasteiger partial charge is 0.349 e. The van der Waals surface area contributed by atoms with Crippen LogP contribution in [0.3, 0.4) is 0 Å². The Morgan fingerprint density at radius 3 is 2.47 bits per heavy atom. The molecule has 1 rings (SSSR count). The summed E-state index contributed by atoms with van der Waals surface area (Å²) in [5, 5.41) is 3.57. The molecule has 0 aromatic carbocycles. The van der Waals surface area contributed by atoms with Crippen molar-refractivity contribution < 1.29 is 0 Å². The van der Waals surface area contributed by atoms with E-state index < -0.39 is 0 Å². The van der Waals surface area contributed by atoms with Crippen LogP contribution in [0.5, 0.6) is 0 Å². The van der Waals surface area contributed by atoms with E-state index in [1.165, 1.54) is 51.4 Å². The average Bonchev–Trinajstić information content (AvgIpc) is 2.91. The van der Waals surface area contributed by atoms with Gasteiger partial charge in [-0.3, -0.25) is 0 Å². The second-order valence-corrected chi connectivity index (χ2v) is 5.40. The van der Waals surface area contributed by atoms with Crippen LogP contribution in [0.2, 0.25) is 0 Å². The zero-order valence-corrected chi connectivity index (χ0v) is 12.8. The minimum absolute atomic E-state index is 0.576. The summed E-state index contributed by atoms with van der Waals surface area (Å²) in [6.07, 6.45) is 15.7. The summed E-state index contributed by atoms with van der Waals surface area (Å²) >= 11 is 0. The Kier molecular flexibility index (Phi) is 9.42. The van der Waals surface area contributed by atoms with Gasteiger partial charge in [-0.05, 0) is 13.0 Å². The average molecular weight is 265 g/mol. The second kappa shape index (κ2) is 11.0. The number of nitrogens with zero attached hydrogens (tertiary/aromatic N) is 1. The van der Waals surface area contributed by atoms with Crippen LogP contribution in [-0.2, 0) is 6.42 Å². The summed E-state index contributed by atoms with van der Waals surface area (Å²) < 4.78 is 0. The molecule has 19 heavy (non-hydrogen) atoms. The number of H-pyrrole nitrogens is 1. The Hall–Kier alpha value is -0.830. The summed E-state index contributed by atoms with van der Waals surface area (Å²) in [7, 11) is 0. The third-order valence-corrected chi connectivity index (χ3v) is 3.64. The maximum atomic E-state index is 4.32. The normalized spacial score (nSPS) is 12.7. The Labute approximate surface area is 118 Å². The Balaban J connectivity index is 2.08. The minimum atomic E-state index is 0.576. The molecule has 0 aliphatic carbocycles. The third-order valence-electron chi connectivity index (χ3n) is 3.64. The summed E-state index contributed by atoms with van der Waals surface area (Å²) in [5.41, 5.74) is 0. The number of nitrogens with one attached hydrogen (secondary N) is 2. The molecule has 1 unspecified atom stereocenters. The van der Waals surface area contributed by atoms with E-state index >= 15 is 0 Å². The first-order valence-corrected chi connectivity index (χ1v) is 8.08. The molecule has 1 aromatic heterocycles. The molecular weight excluding hydrogens is 234 g/mol. The first kappa shape index (κ1) is 16.2. The van der Waals surface area contributed by atoms with Crippen LogP contribution in [0.1, 0.15) is 71.0 Å². The predicted octanol–water partition coefficient (Wildman–Crippen LogP) is 4.07. The Bertz CT molecular complexity index is 282. The van der Waals surface area contributed by atoms with E-state index in [1.54, 1.807) is 0 Å². The van der Waals surface area contributed by atoms with Crippen LogP contribution in [-0.4, -0.2) is 22.6 Å². The number of rotatable bonds is 12. The molecular formula is C16H31N3. The lowest BCUT2D eigenvalue weighted by Gasteiger charge is -2.16. The molecule has 3 heteroatoms. The van der Waals surface area contributed by atoms with Crippen molar-refractivity contribution in [2.75, 3.05) is 6.54 Å². The fourth-order valence-corrected chi connectivity index (χ4v) is 2.56. The summed E-state index contributed by atoms with van der Waals surface area (Å²) in [6.45, 7) is 5.50. The number of likely N-dealkylation sites (N-methyl/N-ethyl adjacent to an activating group) is 1. The van der Waals surface area contributed by atoms with Gasteiger partial charge >= 0.3 is 0 Å². The first-order chi connectivity index (χ1) is 9.36. The highest BCUT2D eigenvalue weighted by Gasteiger charge is 2.09. The van der Waals surface area contributed by atoms with Crippen LogP contribution < -0.4 is 5.32 Å². The molecule has 3 nitrogen and oxygen atoms in total. The summed E-state index contributed by atoms with van der Waals surface area (Å²) in [6, 6.07) is 0.576. The molecule has 0 amide bonds. The lowest BCUT2D eigenvalue weighted by atomic mass is 10.0. The molecule has 1 atom stereocenters. The van der Waals surface area contributed by atoms with Crippen molar-refractivity contribution in [3.63, 3.8) is 0 Å². The standard InChI is InChI=1S/C16H31N3/c1-3-5-6-7-8-9-10-11-15(17-4-2)14-16-18-12-13-19-16/h12-13,15,17H,3-11,14H2,1-2H3,(H,18,19). The number of hydrogen-bond donors (Lipinski definition) is 2. The van der Waals surface area contributed by atoms with Crippen molar-refractivity contribution in [1.29, 1.82) is 0 Å². The lowest BCUT2D eigenvalue weighted by molar-refractivity contribution is 0.453. The maximum absolute atomic E-state index is 4.32. The molecule has 0 fully saturated rings. The van der Waals surface area contributed by atoms with Crippen LogP contribution >= 0.6 is 0 Å². The van der Waals surface area contributed by atoms with E-state index in [2.05, 4.69) is 29.1 Å². The van der Waals surface area contributed by atoms with Crippen LogP contribution in [0.15, 0.2) is 12.4 Å². The number of imidazole rings is 1. The predicted molar refractivity (Wildman–Crippen MR) is 82.4 cm³/mol. The van der Waals surface area contributed by atoms with Gasteiger partial charge in [-0.2, -0.15) is 0 Å². The van der Waals surface area contributed by atoms with Crippen LogP contribution in [0, 0.1) is 0 Å². The van der Waals surface area contributed by atoms with E-state index in [0.29, 0.717) is 6.04 Å². The zero-order valence-electron chi connectivity index (χ0n) is 12.8. The fourth-order valence-electron chi connectivity index (χ4n) is 2.56. The molecule has 0 saturated heterocycles. The van der Waals surface area contributed by atoms with Gasteiger partial charge < -0.3 is 10.3 Å². The van der Waals surface area contributed by atoms with Gasteiger partial charge in [0.2, 0.25) is 0 Å². The number of unbranched alkanes of at least 4 members (excludes halogenated alkanes) is 6. The molecule has 0 radical (unpaired) electrons. The molecule has 0 spiro atoms. The van der Waals surface area contributed by atoms with Crippen LogP contribution in [0.4, 0.5) is 0 Å². The van der Waals surface area contributed by atoms with Gasteiger partial charge in [-0.15, -0.1) is 0 Å². The van der Waals surface area contributed by atoms with Gasteiger partial charge in [0.1, 0.15) is 5.82 Å².